The molecule has 6 aliphatic heterocycles. The van der Waals surface area contributed by atoms with Crippen LogP contribution in [0.4, 0.5) is 84.0 Å². The van der Waals surface area contributed by atoms with Gasteiger partial charge in [0.1, 0.15) is 34.0 Å². The third-order valence-electron chi connectivity index (χ3n) is 20.1. The van der Waals surface area contributed by atoms with Crippen LogP contribution in [0.25, 0.3) is 50.7 Å². The van der Waals surface area contributed by atoms with E-state index in [1.54, 1.807) is 20.5 Å². The number of hydrogen-bond donors (Lipinski definition) is 3. The largest absolute Gasteiger partial charge is 0.453 e. The van der Waals surface area contributed by atoms with Crippen molar-refractivity contribution in [1.82, 2.24) is 88.1 Å². The zero-order valence-electron chi connectivity index (χ0n) is 66.5. The Kier molecular flexibility index (Phi) is 32.9. The number of amides is 2. The molecule has 0 saturated carbocycles. The van der Waals surface area contributed by atoms with Crippen LogP contribution in [-0.2, 0) is 96.6 Å². The third kappa shape index (κ3) is 25.1. The lowest BCUT2D eigenvalue weighted by Crippen LogP contribution is -2.44. The Balaban J connectivity index is 0.000000181. The predicted molar refractivity (Wildman–Crippen MR) is 424 cm³/mol. The molecule has 6 saturated heterocycles. The van der Waals surface area contributed by atoms with Crippen molar-refractivity contribution in [2.24, 2.45) is 0 Å². The number of halogens is 9. The van der Waals surface area contributed by atoms with E-state index >= 15 is 0 Å². The Morgan fingerprint density at radius 2 is 0.802 bits per heavy atom. The van der Waals surface area contributed by atoms with E-state index in [4.69, 9.17) is 49.9 Å². The molecule has 49 heteroatoms. The van der Waals surface area contributed by atoms with Crippen molar-refractivity contribution in [3.8, 4) is 34.2 Å². The van der Waals surface area contributed by atoms with Gasteiger partial charge < -0.3 is 58.8 Å². The lowest BCUT2D eigenvalue weighted by molar-refractivity contribution is -0.137. The maximum absolute atomic E-state index is 14.2. The fourth-order valence-electron chi connectivity index (χ4n) is 14.0. The standard InChI is InChI=1S/C25H31F3N8O3.C24H29F3N8O3.C23H29F3N8O.3O2S/c1-3-39-24(37)30-21-13-19(25(26,27)28)18(14-29-21)22-31-23(35-8-10-38-11-9-35)20-12-17(16-36(20)32-22)15-34-6-4-33(2)5-7-34;1-32-3-5-33(6-4-32)14-16-11-19-22(34-7-9-38-10-8-34)30-21(31-35(19)15-16)17-13-28-20(29-23(36)37-2)12-18(17)24(25,26)27;1-15-14-35-8-7-33(15)22-19-9-16(12-32-5-3-31(2)4-6-32)13-34(19)30-21(29-22)17-11-28-20(27)10-18(17)23(24,25)26;3*1-3-2/h12-14,16H,3-11,15H2,1-2H3,(H,29,30,37);11-13,15H,3-10,14H2,1-2H3,(H,28,29,36);9-11,13,15H,3-8,12,14H2,1-2H3,(H2,27,28);;;/t;;15-;;;/m..0.../s1. The summed E-state index contributed by atoms with van der Waals surface area (Å²) in [5.74, 6) is 0.584. The molecule has 9 aromatic rings. The first kappa shape index (κ1) is 92.8. The molecule has 0 aliphatic carbocycles. The number of carbonyl (C=O) groups excluding carboxylic acids is 2. The van der Waals surface area contributed by atoms with Crippen LogP contribution in [0.2, 0.25) is 0 Å². The summed E-state index contributed by atoms with van der Waals surface area (Å²) in [6.45, 7) is 23.2. The minimum atomic E-state index is -4.75. The lowest BCUT2D eigenvalue weighted by Gasteiger charge is -2.34. The van der Waals surface area contributed by atoms with Crippen LogP contribution in [-0.4, -0.2) is 317 Å². The van der Waals surface area contributed by atoms with Gasteiger partial charge in [-0.1, -0.05) is 0 Å². The van der Waals surface area contributed by atoms with Crippen molar-refractivity contribution in [2.45, 2.75) is 58.1 Å². The summed E-state index contributed by atoms with van der Waals surface area (Å²) in [7, 11) is 7.41. The number of likely N-dealkylation sites (N-methyl/N-ethyl adjacent to an activating group) is 3. The van der Waals surface area contributed by atoms with Gasteiger partial charge in [-0.15, -0.1) is 15.3 Å². The van der Waals surface area contributed by atoms with Crippen molar-refractivity contribution in [2.75, 3.05) is 217 Å². The molecule has 6 aliphatic rings. The first-order chi connectivity index (χ1) is 57.8. The van der Waals surface area contributed by atoms with E-state index in [1.165, 1.54) is 0 Å². The third-order valence-corrected chi connectivity index (χ3v) is 20.1. The number of methoxy groups -OCH3 is 1. The van der Waals surface area contributed by atoms with Gasteiger partial charge in [0.05, 0.1) is 92.8 Å². The molecule has 0 bridgehead atoms. The Morgan fingerprint density at radius 3 is 1.15 bits per heavy atom. The number of ether oxygens (including phenoxy) is 5. The summed E-state index contributed by atoms with van der Waals surface area (Å²) in [5, 5.41) is 17.9. The van der Waals surface area contributed by atoms with Gasteiger partial charge in [-0.25, -0.2) is 53.0 Å². The number of hydrogen-bond acceptors (Lipinski definition) is 32. The summed E-state index contributed by atoms with van der Waals surface area (Å²) in [4.78, 5) is 69.0. The number of fused-ring (bicyclic) bond motifs is 3. The number of anilines is 6. The van der Waals surface area contributed by atoms with E-state index in [0.29, 0.717) is 114 Å². The summed E-state index contributed by atoms with van der Waals surface area (Å²) in [6.07, 6.45) is -7.21. The number of carbonyl (C=O) groups is 2. The smallest absolute Gasteiger partial charge is 0.417 e. The summed E-state index contributed by atoms with van der Waals surface area (Å²) in [5.41, 5.74) is 7.07. The van der Waals surface area contributed by atoms with Crippen LogP contribution in [0.3, 0.4) is 0 Å². The Hall–Kier alpha value is -10.5. The predicted octanol–water partition coefficient (Wildman–Crippen LogP) is 5.89. The van der Waals surface area contributed by atoms with Crippen LogP contribution in [0.1, 0.15) is 47.2 Å². The fourth-order valence-corrected chi connectivity index (χ4v) is 14.0. The number of nitrogens with one attached hydrogen (secondary N) is 2. The maximum atomic E-state index is 14.2. The van der Waals surface area contributed by atoms with Crippen molar-refractivity contribution in [3.05, 3.63) is 107 Å². The van der Waals surface area contributed by atoms with E-state index in [0.717, 1.165) is 151 Å². The number of pyridine rings is 3. The molecule has 0 unspecified atom stereocenters. The van der Waals surface area contributed by atoms with Crippen molar-refractivity contribution < 1.29 is 98.0 Å². The quantitative estimate of drug-likeness (QED) is 0.101. The fraction of sp³-hybridized carbons (Fsp3) is 0.514. The van der Waals surface area contributed by atoms with Gasteiger partial charge in [0.2, 0.25) is 0 Å². The van der Waals surface area contributed by atoms with Crippen molar-refractivity contribution in [1.29, 1.82) is 0 Å². The van der Waals surface area contributed by atoms with Gasteiger partial charge in [-0.3, -0.25) is 25.3 Å². The summed E-state index contributed by atoms with van der Waals surface area (Å²) in [6, 6.07) is 8.39. The molecule has 37 nitrogen and oxygen atoms in total. The number of morpholine rings is 3. The second-order valence-electron chi connectivity index (χ2n) is 28.4. The number of alkyl halides is 9. The number of nitrogen functional groups attached to an aromatic ring is 1. The molecule has 4 N–H and O–H groups in total. The van der Waals surface area contributed by atoms with Gasteiger partial charge in [0.25, 0.3) is 0 Å². The molecule has 15 heterocycles. The van der Waals surface area contributed by atoms with E-state index in [-0.39, 0.29) is 64.3 Å². The van der Waals surface area contributed by atoms with Crippen LogP contribution in [0.15, 0.2) is 73.6 Å². The molecule has 0 spiro atoms. The number of piperazine rings is 3. The zero-order valence-corrected chi connectivity index (χ0v) is 68.9. The average molecular weight is 1770 g/mol. The van der Waals surface area contributed by atoms with Crippen LogP contribution in [0.5, 0.6) is 0 Å². The van der Waals surface area contributed by atoms with Gasteiger partial charge in [-0.05, 0) is 88.1 Å². The van der Waals surface area contributed by atoms with Crippen molar-refractivity contribution in [3.63, 3.8) is 0 Å². The monoisotopic (exact) mass is 1760 g/mol. The molecule has 1 atom stereocenters. The first-order valence-electron chi connectivity index (χ1n) is 37.8. The minimum Gasteiger partial charge on any atom is -0.453 e. The molecule has 6 fully saturated rings. The SMILES string of the molecule is CCOC(=O)Nc1cc(C(F)(F)F)c(-c2nc(N3CCOCC3)c3cc(CN4CCN(C)CC4)cn3n2)cn1.COC(=O)Nc1cc(C(F)(F)F)c(-c2nc(N3CCOCC3)c3cc(CN4CCN(C)CC4)cn3n2)cn1.C[C@H]1COCCN1c1nc(-c2cnc(N)cc2C(F)(F)F)nn2cc(CN3CCN(C)CC3)cc12.O=S=O.O=S=O.O=S=O. The highest BCUT2D eigenvalue weighted by Crippen LogP contribution is 2.42. The zero-order chi connectivity index (χ0) is 87.3. The second-order valence-corrected chi connectivity index (χ2v) is 28.8. The van der Waals surface area contributed by atoms with Gasteiger partial charge >= 0.3 is 65.4 Å². The normalized spacial score (nSPS) is 17.4. The highest BCUT2D eigenvalue weighted by Gasteiger charge is 2.40. The molecule has 15 rings (SSSR count). The Morgan fingerprint density at radius 1 is 0.471 bits per heavy atom. The average Bonchev–Trinajstić information content (AvgIpc) is 1.74. The molecule has 0 radical (unpaired) electrons. The van der Waals surface area contributed by atoms with E-state index in [9.17, 15) is 49.1 Å². The van der Waals surface area contributed by atoms with Crippen LogP contribution >= 0.6 is 0 Å². The van der Waals surface area contributed by atoms with Gasteiger partial charge in [-0.2, -0.15) is 64.8 Å². The number of aromatic nitrogens is 12. The van der Waals surface area contributed by atoms with E-state index in [1.807, 2.05) is 53.5 Å². The molecule has 2 amide bonds. The minimum absolute atomic E-state index is 0.0120. The number of nitrogens with zero attached hydrogens (tertiary/aromatic N) is 21. The van der Waals surface area contributed by atoms with Crippen LogP contribution < -0.4 is 31.1 Å². The summed E-state index contributed by atoms with van der Waals surface area (Å²) >= 11 is -2.25. The van der Waals surface area contributed by atoms with Gasteiger partial charge in [0, 0.05) is 168 Å². The number of rotatable bonds is 15. The Labute approximate surface area is 697 Å². The molecule has 0 aromatic carbocycles. The molecule has 656 valence electrons. The molecule has 9 aromatic heterocycles. The molecule has 121 heavy (non-hydrogen) atoms. The maximum Gasteiger partial charge on any atom is 0.417 e. The lowest BCUT2D eigenvalue weighted by atomic mass is 10.1. The van der Waals surface area contributed by atoms with Gasteiger partial charge in [0.15, 0.2) is 34.9 Å². The number of nitrogens with two attached hydrogens (primary N) is 1. The molecular weight excluding hydrogens is 1680 g/mol. The molecular formula is C72H89F9N24O13S3. The second kappa shape index (κ2) is 42.8. The first-order valence-corrected chi connectivity index (χ1v) is 39.8. The van der Waals surface area contributed by atoms with E-state index < -0.39 is 82.1 Å². The summed E-state index contributed by atoms with van der Waals surface area (Å²) < 4.78 is 207. The van der Waals surface area contributed by atoms with E-state index in [2.05, 4.69) is 116 Å². The highest BCUT2D eigenvalue weighted by molar-refractivity contribution is 7.52. The Bertz CT molecular complexity index is 5090. The highest BCUT2D eigenvalue weighted by atomic mass is 32.1. The van der Waals surface area contributed by atoms with Crippen LogP contribution in [0, 0.1) is 0 Å². The topological polar surface area (TPSA) is 391 Å². The van der Waals surface area contributed by atoms with Crippen molar-refractivity contribution >= 4 is 98.4 Å².